The van der Waals surface area contributed by atoms with Gasteiger partial charge in [-0.05, 0) is 51.8 Å². The number of hydrogen-bond acceptors (Lipinski definition) is 4. The van der Waals surface area contributed by atoms with Crippen molar-refractivity contribution in [2.24, 2.45) is 0 Å². The first kappa shape index (κ1) is 21.7. The van der Waals surface area contributed by atoms with Crippen LogP contribution in [0.2, 0.25) is 0 Å². The van der Waals surface area contributed by atoms with Gasteiger partial charge in [0.2, 0.25) is 5.91 Å². The lowest BCUT2D eigenvalue weighted by molar-refractivity contribution is -0.131. The molecule has 3 aromatic heterocycles. The van der Waals surface area contributed by atoms with Crippen molar-refractivity contribution in [2.75, 3.05) is 7.05 Å². The summed E-state index contributed by atoms with van der Waals surface area (Å²) in [5.41, 5.74) is 8.19. The summed E-state index contributed by atoms with van der Waals surface area (Å²) in [6.45, 7) is 11.7. The topological polar surface area (TPSA) is 68.8 Å². The number of hydrogen-bond donors (Lipinski definition) is 0. The standard InChI is InChI=1S/C25H30N6O/c1-7-30-19(5)22(17(3)27-30)14-29(6)23(32)15-31-25-24(18(4)28-31)21(11-12-26-25)20-10-8-9-16(2)13-20/h8-13H,7,14-15H2,1-6H3. The Bertz CT molecular complexity index is 1300. The molecule has 32 heavy (non-hydrogen) atoms. The van der Waals surface area contributed by atoms with Gasteiger partial charge < -0.3 is 4.90 Å². The van der Waals surface area contributed by atoms with Gasteiger partial charge in [0.25, 0.3) is 0 Å². The van der Waals surface area contributed by atoms with Crippen LogP contribution in [0.25, 0.3) is 22.2 Å². The first-order valence-corrected chi connectivity index (χ1v) is 11.0. The third-order valence-electron chi connectivity index (χ3n) is 6.07. The first-order chi connectivity index (χ1) is 15.3. The predicted molar refractivity (Wildman–Crippen MR) is 126 cm³/mol. The summed E-state index contributed by atoms with van der Waals surface area (Å²) in [7, 11) is 1.83. The molecule has 0 aliphatic heterocycles. The van der Waals surface area contributed by atoms with E-state index in [0.717, 1.165) is 51.4 Å². The van der Waals surface area contributed by atoms with Gasteiger partial charge in [0.15, 0.2) is 5.65 Å². The third kappa shape index (κ3) is 3.90. The maximum Gasteiger partial charge on any atom is 0.244 e. The van der Waals surface area contributed by atoms with Crippen molar-refractivity contribution in [2.45, 2.75) is 54.3 Å². The number of benzene rings is 1. The average molecular weight is 431 g/mol. The van der Waals surface area contributed by atoms with E-state index in [-0.39, 0.29) is 12.5 Å². The Morgan fingerprint density at radius 1 is 1.03 bits per heavy atom. The lowest BCUT2D eigenvalue weighted by atomic mass is 10.0. The summed E-state index contributed by atoms with van der Waals surface area (Å²) in [6, 6.07) is 10.4. The number of aromatic nitrogens is 5. The number of carbonyl (C=O) groups excluding carboxylic acids is 1. The Morgan fingerprint density at radius 2 is 1.78 bits per heavy atom. The summed E-state index contributed by atoms with van der Waals surface area (Å²) in [5, 5.41) is 10.2. The van der Waals surface area contributed by atoms with E-state index in [1.807, 2.05) is 31.6 Å². The summed E-state index contributed by atoms with van der Waals surface area (Å²) < 4.78 is 3.70. The van der Waals surface area contributed by atoms with Gasteiger partial charge in [0.1, 0.15) is 6.54 Å². The molecular formula is C25H30N6O. The van der Waals surface area contributed by atoms with Gasteiger partial charge in [-0.2, -0.15) is 10.2 Å². The van der Waals surface area contributed by atoms with E-state index in [1.165, 1.54) is 5.56 Å². The Morgan fingerprint density at radius 3 is 2.47 bits per heavy atom. The van der Waals surface area contributed by atoms with Crippen LogP contribution in [0.5, 0.6) is 0 Å². The molecule has 1 aromatic carbocycles. The van der Waals surface area contributed by atoms with Crippen LogP contribution in [0.3, 0.4) is 0 Å². The number of likely N-dealkylation sites (N-methyl/N-ethyl adjacent to an activating group) is 1. The molecule has 3 heterocycles. The molecule has 4 rings (SSSR count). The van der Waals surface area contributed by atoms with Crippen LogP contribution in [0.4, 0.5) is 0 Å². The second kappa shape index (κ2) is 8.57. The quantitative estimate of drug-likeness (QED) is 0.460. The van der Waals surface area contributed by atoms with Crippen molar-refractivity contribution in [3.8, 4) is 11.1 Å². The Balaban J connectivity index is 1.62. The molecule has 0 fully saturated rings. The number of aryl methyl sites for hydroxylation is 4. The summed E-state index contributed by atoms with van der Waals surface area (Å²) in [6.07, 6.45) is 1.79. The van der Waals surface area contributed by atoms with E-state index in [2.05, 4.69) is 60.2 Å². The fourth-order valence-corrected chi connectivity index (χ4v) is 4.29. The van der Waals surface area contributed by atoms with Crippen LogP contribution in [-0.2, 0) is 24.4 Å². The zero-order valence-corrected chi connectivity index (χ0v) is 19.7. The molecule has 0 aliphatic carbocycles. The highest BCUT2D eigenvalue weighted by Crippen LogP contribution is 2.30. The molecule has 0 atom stereocenters. The van der Waals surface area contributed by atoms with Crippen LogP contribution in [0.15, 0.2) is 36.5 Å². The molecule has 0 saturated carbocycles. The van der Waals surface area contributed by atoms with Crippen molar-refractivity contribution >= 4 is 16.9 Å². The van der Waals surface area contributed by atoms with Gasteiger partial charge in [-0.3, -0.25) is 9.48 Å². The Kier molecular flexibility index (Phi) is 5.82. The fourth-order valence-electron chi connectivity index (χ4n) is 4.29. The molecule has 0 spiro atoms. The van der Waals surface area contributed by atoms with E-state index in [9.17, 15) is 4.79 Å². The summed E-state index contributed by atoms with van der Waals surface area (Å²) in [4.78, 5) is 19.4. The maximum absolute atomic E-state index is 13.1. The molecule has 7 heteroatoms. The normalized spacial score (nSPS) is 11.3. The number of pyridine rings is 1. The Hall–Kier alpha value is -3.48. The number of amides is 1. The van der Waals surface area contributed by atoms with Crippen LogP contribution in [0.1, 0.15) is 35.1 Å². The van der Waals surface area contributed by atoms with E-state index in [4.69, 9.17) is 0 Å². The van der Waals surface area contributed by atoms with Crippen LogP contribution < -0.4 is 0 Å². The van der Waals surface area contributed by atoms with Crippen molar-refractivity contribution in [1.29, 1.82) is 0 Å². The van der Waals surface area contributed by atoms with Gasteiger partial charge in [-0.25, -0.2) is 9.67 Å². The first-order valence-electron chi connectivity index (χ1n) is 11.0. The number of rotatable bonds is 6. The lowest BCUT2D eigenvalue weighted by Gasteiger charge is -2.18. The highest BCUT2D eigenvalue weighted by molar-refractivity contribution is 5.95. The van der Waals surface area contributed by atoms with Crippen molar-refractivity contribution in [3.63, 3.8) is 0 Å². The van der Waals surface area contributed by atoms with E-state index < -0.39 is 0 Å². The molecule has 166 valence electrons. The number of carbonyl (C=O) groups is 1. The van der Waals surface area contributed by atoms with Gasteiger partial charge in [-0.1, -0.05) is 29.8 Å². The second-order valence-corrected chi connectivity index (χ2v) is 8.38. The molecule has 7 nitrogen and oxygen atoms in total. The minimum atomic E-state index is -0.0137. The highest BCUT2D eigenvalue weighted by atomic mass is 16.2. The zero-order chi connectivity index (χ0) is 23.0. The van der Waals surface area contributed by atoms with Gasteiger partial charge >= 0.3 is 0 Å². The van der Waals surface area contributed by atoms with Gasteiger partial charge in [0, 0.05) is 43.0 Å². The van der Waals surface area contributed by atoms with Crippen molar-refractivity contribution < 1.29 is 4.79 Å². The molecule has 0 N–H and O–H groups in total. The molecule has 0 saturated heterocycles. The maximum atomic E-state index is 13.1. The monoisotopic (exact) mass is 430 g/mol. The van der Waals surface area contributed by atoms with Crippen LogP contribution in [-0.4, -0.2) is 42.4 Å². The molecule has 4 aromatic rings. The predicted octanol–water partition coefficient (Wildman–Crippen LogP) is 4.21. The van der Waals surface area contributed by atoms with Crippen molar-refractivity contribution in [1.82, 2.24) is 29.4 Å². The molecule has 0 radical (unpaired) electrons. The molecular weight excluding hydrogens is 400 g/mol. The van der Waals surface area contributed by atoms with Gasteiger partial charge in [0.05, 0.1) is 11.4 Å². The Labute approximate surface area is 188 Å². The molecule has 0 aliphatic rings. The SMILES string of the molecule is CCn1nc(C)c(CN(C)C(=O)Cn2nc(C)c3c(-c4cccc(C)c4)ccnc32)c1C. The summed E-state index contributed by atoms with van der Waals surface area (Å²) >= 11 is 0. The lowest BCUT2D eigenvalue weighted by Crippen LogP contribution is -2.30. The van der Waals surface area contributed by atoms with E-state index in [1.54, 1.807) is 15.8 Å². The van der Waals surface area contributed by atoms with Crippen molar-refractivity contribution in [3.05, 3.63) is 64.7 Å². The fraction of sp³-hybridized carbons (Fsp3) is 0.360. The number of nitrogens with zero attached hydrogens (tertiary/aromatic N) is 6. The summed E-state index contributed by atoms with van der Waals surface area (Å²) in [5.74, 6) is -0.0137. The van der Waals surface area contributed by atoms with Crippen LogP contribution in [0, 0.1) is 27.7 Å². The molecule has 1 amide bonds. The number of fused-ring (bicyclic) bond motifs is 1. The van der Waals surface area contributed by atoms with E-state index in [0.29, 0.717) is 6.54 Å². The zero-order valence-electron chi connectivity index (χ0n) is 19.7. The molecule has 0 bridgehead atoms. The van der Waals surface area contributed by atoms with E-state index >= 15 is 0 Å². The molecule has 0 unspecified atom stereocenters. The second-order valence-electron chi connectivity index (χ2n) is 8.38. The minimum Gasteiger partial charge on any atom is -0.340 e. The van der Waals surface area contributed by atoms with Gasteiger partial charge in [-0.15, -0.1) is 0 Å². The largest absolute Gasteiger partial charge is 0.340 e. The average Bonchev–Trinajstić information content (AvgIpc) is 3.24. The smallest absolute Gasteiger partial charge is 0.244 e. The van der Waals surface area contributed by atoms with Crippen LogP contribution >= 0.6 is 0 Å². The third-order valence-corrected chi connectivity index (χ3v) is 6.07. The highest BCUT2D eigenvalue weighted by Gasteiger charge is 2.20. The minimum absolute atomic E-state index is 0.0137.